The van der Waals surface area contributed by atoms with Crippen molar-refractivity contribution in [2.75, 3.05) is 6.54 Å². The van der Waals surface area contributed by atoms with Crippen molar-refractivity contribution in [1.82, 2.24) is 5.32 Å². The fraction of sp³-hybridized carbons (Fsp3) is 0.778. The molecule has 0 spiro atoms. The number of hydrogen-bond donors (Lipinski definition) is 1. The number of fused-ring (bicyclic) bond motifs is 3. The summed E-state index contributed by atoms with van der Waals surface area (Å²) in [4.78, 5) is 0. The molecule has 2 aliphatic carbocycles. The van der Waals surface area contributed by atoms with E-state index < -0.39 is 0 Å². The lowest BCUT2D eigenvalue weighted by atomic mass is 9.90. The van der Waals surface area contributed by atoms with Crippen LogP contribution in [0, 0.1) is 17.8 Å². The molecule has 0 amide bonds. The van der Waals surface area contributed by atoms with Gasteiger partial charge in [-0.2, -0.15) is 0 Å². The average Bonchev–Trinajstić information content (AvgIpc) is 2.60. The van der Waals surface area contributed by atoms with Crippen LogP contribution in [0.1, 0.15) is 12.8 Å². The Morgan fingerprint density at radius 3 is 3.20 bits per heavy atom. The van der Waals surface area contributed by atoms with E-state index in [-0.39, 0.29) is 0 Å². The van der Waals surface area contributed by atoms with Gasteiger partial charge in [0.15, 0.2) is 0 Å². The van der Waals surface area contributed by atoms with Crippen LogP contribution in [0.5, 0.6) is 0 Å². The molecule has 1 saturated carbocycles. The molecule has 54 valence electrons. The number of hydrogen-bond acceptors (Lipinski definition) is 1. The SMILES string of the molecule is C1=C[C@H]2CC2C2CCNC12. The molecule has 1 aliphatic heterocycles. The van der Waals surface area contributed by atoms with E-state index >= 15 is 0 Å². The Morgan fingerprint density at radius 2 is 2.20 bits per heavy atom. The van der Waals surface area contributed by atoms with Crippen molar-refractivity contribution >= 4 is 0 Å². The summed E-state index contributed by atoms with van der Waals surface area (Å²) in [6, 6.07) is 0.753. The van der Waals surface area contributed by atoms with Crippen molar-refractivity contribution in [1.29, 1.82) is 0 Å². The molecule has 0 aromatic heterocycles. The molecule has 3 aliphatic rings. The highest BCUT2D eigenvalue weighted by Gasteiger charge is 2.47. The van der Waals surface area contributed by atoms with E-state index in [1.54, 1.807) is 0 Å². The van der Waals surface area contributed by atoms with Crippen molar-refractivity contribution < 1.29 is 0 Å². The standard InChI is InChI=1S/C9H13N/c1-2-9-7(3-4-10-9)8-5-6(1)8/h1-2,6-10H,3-5H2/t6-,7?,8?,9?/m0/s1. The van der Waals surface area contributed by atoms with Crippen LogP contribution in [0.25, 0.3) is 0 Å². The fourth-order valence-electron chi connectivity index (χ4n) is 2.65. The minimum absolute atomic E-state index is 0.753. The predicted molar refractivity (Wildman–Crippen MR) is 40.6 cm³/mol. The summed E-state index contributed by atoms with van der Waals surface area (Å²) in [7, 11) is 0. The first-order chi connectivity index (χ1) is 4.95. The quantitative estimate of drug-likeness (QED) is 0.492. The van der Waals surface area contributed by atoms with E-state index in [2.05, 4.69) is 17.5 Å². The first kappa shape index (κ1) is 5.36. The van der Waals surface area contributed by atoms with Gasteiger partial charge in [0.1, 0.15) is 0 Å². The number of rotatable bonds is 0. The molecule has 1 saturated heterocycles. The maximum absolute atomic E-state index is 3.53. The maximum atomic E-state index is 3.53. The Hall–Kier alpha value is -0.300. The van der Waals surface area contributed by atoms with Crippen LogP contribution >= 0.6 is 0 Å². The Labute approximate surface area is 61.5 Å². The lowest BCUT2D eigenvalue weighted by molar-refractivity contribution is 0.424. The molecular weight excluding hydrogens is 122 g/mol. The van der Waals surface area contributed by atoms with Gasteiger partial charge >= 0.3 is 0 Å². The van der Waals surface area contributed by atoms with Gasteiger partial charge in [-0.05, 0) is 37.1 Å². The molecule has 1 nitrogen and oxygen atoms in total. The van der Waals surface area contributed by atoms with Gasteiger partial charge in [-0.1, -0.05) is 12.2 Å². The Bertz CT molecular complexity index is 185. The van der Waals surface area contributed by atoms with E-state index in [1.807, 2.05) is 0 Å². The second kappa shape index (κ2) is 1.65. The van der Waals surface area contributed by atoms with E-state index in [1.165, 1.54) is 19.4 Å². The van der Waals surface area contributed by atoms with Gasteiger partial charge in [-0.3, -0.25) is 0 Å². The van der Waals surface area contributed by atoms with E-state index in [9.17, 15) is 0 Å². The third kappa shape index (κ3) is 0.567. The molecule has 0 bridgehead atoms. The number of allylic oxidation sites excluding steroid dienone is 1. The molecule has 10 heavy (non-hydrogen) atoms. The number of nitrogens with one attached hydrogen (secondary N) is 1. The summed E-state index contributed by atoms with van der Waals surface area (Å²) < 4.78 is 0. The highest BCUT2D eigenvalue weighted by atomic mass is 15.0. The van der Waals surface area contributed by atoms with Crippen LogP contribution in [-0.2, 0) is 0 Å². The maximum Gasteiger partial charge on any atom is 0.0281 e. The van der Waals surface area contributed by atoms with Crippen LogP contribution < -0.4 is 5.32 Å². The van der Waals surface area contributed by atoms with Gasteiger partial charge in [0.25, 0.3) is 0 Å². The normalized spacial score (nSPS) is 56.0. The van der Waals surface area contributed by atoms with Crippen LogP contribution in [-0.4, -0.2) is 12.6 Å². The van der Waals surface area contributed by atoms with Crippen molar-refractivity contribution in [3.8, 4) is 0 Å². The lowest BCUT2D eigenvalue weighted by Gasteiger charge is -2.18. The zero-order valence-electron chi connectivity index (χ0n) is 6.09. The van der Waals surface area contributed by atoms with Crippen molar-refractivity contribution in [3.05, 3.63) is 12.2 Å². The topological polar surface area (TPSA) is 12.0 Å². The summed E-state index contributed by atoms with van der Waals surface area (Å²) in [5.41, 5.74) is 0. The van der Waals surface area contributed by atoms with Crippen molar-refractivity contribution in [3.63, 3.8) is 0 Å². The molecular formula is C9H13N. The Morgan fingerprint density at radius 1 is 1.20 bits per heavy atom. The molecule has 1 heterocycles. The van der Waals surface area contributed by atoms with Gasteiger partial charge in [-0.25, -0.2) is 0 Å². The van der Waals surface area contributed by atoms with Gasteiger partial charge in [0, 0.05) is 6.04 Å². The minimum Gasteiger partial charge on any atom is -0.310 e. The zero-order valence-corrected chi connectivity index (χ0v) is 6.09. The first-order valence-corrected chi connectivity index (χ1v) is 4.37. The monoisotopic (exact) mass is 135 g/mol. The molecule has 1 N–H and O–H groups in total. The summed E-state index contributed by atoms with van der Waals surface area (Å²) in [6.07, 6.45) is 7.73. The lowest BCUT2D eigenvalue weighted by Crippen LogP contribution is -2.27. The highest BCUT2D eigenvalue weighted by molar-refractivity contribution is 5.17. The predicted octanol–water partition coefficient (Wildman–Crippen LogP) is 1.17. The molecule has 0 aromatic carbocycles. The van der Waals surface area contributed by atoms with E-state index in [0.717, 1.165) is 23.8 Å². The molecule has 1 heteroatoms. The smallest absolute Gasteiger partial charge is 0.0281 e. The highest BCUT2D eigenvalue weighted by Crippen LogP contribution is 2.51. The van der Waals surface area contributed by atoms with Gasteiger partial charge in [0.2, 0.25) is 0 Å². The summed E-state index contributed by atoms with van der Waals surface area (Å²) in [6.45, 7) is 1.25. The Balaban J connectivity index is 1.93. The summed E-state index contributed by atoms with van der Waals surface area (Å²) >= 11 is 0. The van der Waals surface area contributed by atoms with Crippen LogP contribution in [0.15, 0.2) is 12.2 Å². The summed E-state index contributed by atoms with van der Waals surface area (Å²) in [5, 5.41) is 3.53. The van der Waals surface area contributed by atoms with Crippen LogP contribution in [0.4, 0.5) is 0 Å². The van der Waals surface area contributed by atoms with Gasteiger partial charge < -0.3 is 5.32 Å². The Kier molecular flexibility index (Phi) is 0.883. The second-order valence-corrected chi connectivity index (χ2v) is 3.88. The molecule has 0 radical (unpaired) electrons. The van der Waals surface area contributed by atoms with Crippen molar-refractivity contribution in [2.24, 2.45) is 17.8 Å². The van der Waals surface area contributed by atoms with Crippen molar-refractivity contribution in [2.45, 2.75) is 18.9 Å². The molecule has 2 fully saturated rings. The minimum atomic E-state index is 0.753. The van der Waals surface area contributed by atoms with E-state index in [0.29, 0.717) is 0 Å². The molecule has 3 rings (SSSR count). The summed E-state index contributed by atoms with van der Waals surface area (Å²) in [5.74, 6) is 3.07. The van der Waals surface area contributed by atoms with Gasteiger partial charge in [-0.15, -0.1) is 0 Å². The second-order valence-electron chi connectivity index (χ2n) is 3.88. The third-order valence-corrected chi connectivity index (χ3v) is 3.33. The fourth-order valence-corrected chi connectivity index (χ4v) is 2.65. The zero-order chi connectivity index (χ0) is 6.55. The third-order valence-electron chi connectivity index (χ3n) is 3.33. The van der Waals surface area contributed by atoms with Gasteiger partial charge in [0.05, 0.1) is 0 Å². The van der Waals surface area contributed by atoms with E-state index in [4.69, 9.17) is 0 Å². The largest absolute Gasteiger partial charge is 0.310 e. The van der Waals surface area contributed by atoms with Crippen LogP contribution in [0.2, 0.25) is 0 Å². The average molecular weight is 135 g/mol. The molecule has 0 aromatic rings. The van der Waals surface area contributed by atoms with Crippen LogP contribution in [0.3, 0.4) is 0 Å². The molecule has 4 atom stereocenters. The molecule has 3 unspecified atom stereocenters. The first-order valence-electron chi connectivity index (χ1n) is 4.37.